The third-order valence-electron chi connectivity index (χ3n) is 1.22. The van der Waals surface area contributed by atoms with Gasteiger partial charge >= 0.3 is 0 Å². The summed E-state index contributed by atoms with van der Waals surface area (Å²) in [4.78, 5) is 0. The summed E-state index contributed by atoms with van der Waals surface area (Å²) in [6, 6.07) is 0. The number of hydrogen-bond donors (Lipinski definition) is 1. The van der Waals surface area contributed by atoms with Crippen LogP contribution in [0.3, 0.4) is 0 Å². The van der Waals surface area contributed by atoms with E-state index in [1.54, 1.807) is 0 Å². The van der Waals surface area contributed by atoms with E-state index in [1.807, 2.05) is 0 Å². The summed E-state index contributed by atoms with van der Waals surface area (Å²) in [7, 11) is 0. The summed E-state index contributed by atoms with van der Waals surface area (Å²) >= 11 is 0. The molecule has 0 bridgehead atoms. The van der Waals surface area contributed by atoms with Crippen LogP contribution in [0, 0.1) is 0 Å². The highest BCUT2D eigenvalue weighted by Crippen LogP contribution is 2.18. The zero-order valence-corrected chi connectivity index (χ0v) is 4.22. The molecule has 1 rings (SSSR count). The predicted molar refractivity (Wildman–Crippen MR) is 22.9 cm³/mol. The molecule has 2 atom stereocenters. The van der Waals surface area contributed by atoms with Crippen LogP contribution in [0.1, 0.15) is 6.42 Å². The van der Waals surface area contributed by atoms with Gasteiger partial charge in [0.1, 0.15) is 6.17 Å². The molecule has 1 fully saturated rings. The van der Waals surface area contributed by atoms with E-state index in [1.165, 1.54) is 0 Å². The Labute approximate surface area is 45.7 Å². The van der Waals surface area contributed by atoms with Crippen molar-refractivity contribution in [1.82, 2.24) is 5.06 Å². The van der Waals surface area contributed by atoms with Crippen molar-refractivity contribution >= 4 is 0 Å². The Morgan fingerprint density at radius 3 is 2.25 bits per heavy atom. The maximum absolute atomic E-state index is 12.0. The van der Waals surface area contributed by atoms with Crippen molar-refractivity contribution in [1.29, 1.82) is 0 Å². The smallest absolute Gasteiger partial charge is 0.206 e. The minimum Gasteiger partial charge on any atom is -0.311 e. The molecule has 2 unspecified atom stereocenters. The van der Waals surface area contributed by atoms with Crippen LogP contribution in [0.25, 0.3) is 0 Å². The third-order valence-corrected chi connectivity index (χ3v) is 1.22. The Balaban J connectivity index is 2.44. The molecule has 8 heavy (non-hydrogen) atoms. The predicted octanol–water partition coefficient (Wildman–Crippen LogP) is 0.715. The number of halogens is 2. The second-order valence-corrected chi connectivity index (χ2v) is 1.84. The average Bonchev–Trinajstić information content (AvgIpc) is 1.98. The lowest BCUT2D eigenvalue weighted by Gasteiger charge is -2.07. The fourth-order valence-corrected chi connectivity index (χ4v) is 0.703. The lowest BCUT2D eigenvalue weighted by Crippen LogP contribution is -2.25. The highest BCUT2D eigenvalue weighted by atomic mass is 19.2. The van der Waals surface area contributed by atoms with Crippen LogP contribution in [-0.2, 0) is 0 Å². The van der Waals surface area contributed by atoms with Crippen LogP contribution in [-0.4, -0.2) is 29.3 Å². The van der Waals surface area contributed by atoms with Crippen LogP contribution in [0.2, 0.25) is 0 Å². The van der Waals surface area contributed by atoms with Crippen molar-refractivity contribution in [3.05, 3.63) is 0 Å². The summed E-state index contributed by atoms with van der Waals surface area (Å²) in [5, 5.41) is 8.77. The zero-order chi connectivity index (χ0) is 6.15. The molecule has 1 aliphatic rings. The van der Waals surface area contributed by atoms with Gasteiger partial charge in [0.15, 0.2) is 0 Å². The average molecular weight is 123 g/mol. The molecule has 4 heteroatoms. The van der Waals surface area contributed by atoms with Crippen LogP contribution in [0.4, 0.5) is 8.78 Å². The maximum Gasteiger partial charge on any atom is 0.206 e. The number of alkyl halides is 2. The highest BCUT2D eigenvalue weighted by molar-refractivity contribution is 4.73. The van der Waals surface area contributed by atoms with Gasteiger partial charge in [-0.05, 0) is 6.42 Å². The minimum atomic E-state index is -1.80. The van der Waals surface area contributed by atoms with Gasteiger partial charge in [0, 0.05) is 6.54 Å². The second-order valence-electron chi connectivity index (χ2n) is 1.84. The van der Waals surface area contributed by atoms with Gasteiger partial charge in [-0.3, -0.25) is 0 Å². The number of hydroxylamine groups is 2. The van der Waals surface area contributed by atoms with Gasteiger partial charge in [-0.2, -0.15) is 5.06 Å². The van der Waals surface area contributed by atoms with Crippen molar-refractivity contribution in [3.63, 3.8) is 0 Å². The first-order chi connectivity index (χ1) is 3.72. The fourth-order valence-electron chi connectivity index (χ4n) is 0.703. The molecule has 48 valence electrons. The first-order valence-corrected chi connectivity index (χ1v) is 2.45. The van der Waals surface area contributed by atoms with Crippen molar-refractivity contribution in [2.45, 2.75) is 18.9 Å². The quantitative estimate of drug-likeness (QED) is 0.479. The topological polar surface area (TPSA) is 23.5 Å². The van der Waals surface area contributed by atoms with Crippen LogP contribution in [0.15, 0.2) is 0 Å². The van der Waals surface area contributed by atoms with Gasteiger partial charge in [-0.15, -0.1) is 0 Å². The van der Waals surface area contributed by atoms with Crippen molar-refractivity contribution in [2.75, 3.05) is 6.54 Å². The van der Waals surface area contributed by atoms with Crippen molar-refractivity contribution in [2.24, 2.45) is 0 Å². The summed E-state index contributed by atoms with van der Waals surface area (Å²) < 4.78 is 24.0. The van der Waals surface area contributed by atoms with Gasteiger partial charge in [-0.1, -0.05) is 0 Å². The van der Waals surface area contributed by atoms with Crippen molar-refractivity contribution < 1.29 is 14.0 Å². The van der Waals surface area contributed by atoms with Gasteiger partial charge in [0.25, 0.3) is 0 Å². The van der Waals surface area contributed by atoms with E-state index in [9.17, 15) is 8.78 Å². The summed E-state index contributed by atoms with van der Waals surface area (Å²) in [6.45, 7) is 0.0995. The van der Waals surface area contributed by atoms with Gasteiger partial charge < -0.3 is 5.21 Å². The molecule has 0 radical (unpaired) electrons. The Hall–Kier alpha value is -0.220. The second kappa shape index (κ2) is 1.95. The Morgan fingerprint density at radius 1 is 1.50 bits per heavy atom. The Kier molecular flexibility index (Phi) is 1.44. The largest absolute Gasteiger partial charge is 0.311 e. The van der Waals surface area contributed by atoms with E-state index in [0.717, 1.165) is 0 Å². The van der Waals surface area contributed by atoms with Crippen LogP contribution < -0.4 is 0 Å². The van der Waals surface area contributed by atoms with E-state index < -0.39 is 12.5 Å². The van der Waals surface area contributed by atoms with Crippen LogP contribution in [0.5, 0.6) is 0 Å². The van der Waals surface area contributed by atoms with E-state index in [2.05, 4.69) is 0 Å². The normalized spacial score (nSPS) is 40.9. The molecule has 1 saturated heterocycles. The third kappa shape index (κ3) is 0.809. The summed E-state index contributed by atoms with van der Waals surface area (Å²) in [5.41, 5.74) is 0. The van der Waals surface area contributed by atoms with Crippen LogP contribution >= 0.6 is 0 Å². The van der Waals surface area contributed by atoms with E-state index in [0.29, 0.717) is 5.06 Å². The van der Waals surface area contributed by atoms with Gasteiger partial charge in [0.2, 0.25) is 6.30 Å². The first-order valence-electron chi connectivity index (χ1n) is 2.45. The first kappa shape index (κ1) is 5.91. The molecule has 1 N–H and O–H groups in total. The Morgan fingerprint density at radius 2 is 2.12 bits per heavy atom. The number of rotatable bonds is 0. The number of hydrogen-bond acceptors (Lipinski definition) is 2. The Bertz CT molecular complexity index is 80.1. The molecule has 0 saturated carbocycles. The molecule has 0 aromatic carbocycles. The standard InChI is InChI=1S/C4H7F2NO/c5-3-1-2-7(8)4(3)6/h3-4,8H,1-2H2. The minimum absolute atomic E-state index is 0.0949. The molecule has 0 amide bonds. The molecule has 0 aromatic rings. The molecule has 0 aromatic heterocycles. The fraction of sp³-hybridized carbons (Fsp3) is 1.00. The van der Waals surface area contributed by atoms with Crippen molar-refractivity contribution in [3.8, 4) is 0 Å². The monoisotopic (exact) mass is 123 g/mol. The van der Waals surface area contributed by atoms with Gasteiger partial charge in [0.05, 0.1) is 0 Å². The highest BCUT2D eigenvalue weighted by Gasteiger charge is 2.32. The molecular formula is C4H7F2NO. The summed E-state index contributed by atoms with van der Waals surface area (Å²) in [6.07, 6.45) is -3.20. The molecule has 0 spiro atoms. The van der Waals surface area contributed by atoms with E-state index in [4.69, 9.17) is 5.21 Å². The molecule has 2 nitrogen and oxygen atoms in total. The molecule has 0 aliphatic carbocycles. The summed E-state index contributed by atoms with van der Waals surface area (Å²) in [5.74, 6) is 0. The number of nitrogens with zero attached hydrogens (tertiary/aromatic N) is 1. The SMILES string of the molecule is ON1CCC(F)C1F. The molecule has 1 aliphatic heterocycles. The van der Waals surface area contributed by atoms with E-state index in [-0.39, 0.29) is 13.0 Å². The lowest BCUT2D eigenvalue weighted by atomic mass is 10.3. The maximum atomic E-state index is 12.0. The molecule has 1 heterocycles. The lowest BCUT2D eigenvalue weighted by molar-refractivity contribution is -0.151. The zero-order valence-electron chi connectivity index (χ0n) is 4.22. The van der Waals surface area contributed by atoms with E-state index >= 15 is 0 Å². The van der Waals surface area contributed by atoms with Gasteiger partial charge in [-0.25, -0.2) is 8.78 Å². The molecular weight excluding hydrogens is 116 g/mol.